The number of H-pyrrole nitrogens is 1. The van der Waals surface area contributed by atoms with Crippen LogP contribution in [-0.4, -0.2) is 26.8 Å². The van der Waals surface area contributed by atoms with Gasteiger partial charge in [0, 0.05) is 11.3 Å². The smallest absolute Gasteiger partial charge is 0.295 e. The van der Waals surface area contributed by atoms with Gasteiger partial charge in [0.2, 0.25) is 5.82 Å². The first-order chi connectivity index (χ1) is 9.24. The number of rotatable bonds is 5. The molecular formula is C13H16N4OS. The lowest BCUT2D eigenvalue weighted by molar-refractivity contribution is 0.101. The number of nitrogens with zero attached hydrogens (tertiary/aromatic N) is 2. The highest BCUT2D eigenvalue weighted by atomic mass is 32.2. The van der Waals surface area contributed by atoms with Crippen LogP contribution < -0.4 is 5.32 Å². The number of anilines is 1. The van der Waals surface area contributed by atoms with E-state index in [0.29, 0.717) is 5.82 Å². The Kier molecular flexibility index (Phi) is 4.57. The lowest BCUT2D eigenvalue weighted by Crippen LogP contribution is -2.14. The van der Waals surface area contributed by atoms with Crippen molar-refractivity contribution in [1.29, 1.82) is 0 Å². The molecule has 0 saturated carbocycles. The van der Waals surface area contributed by atoms with Crippen LogP contribution in [0.2, 0.25) is 0 Å². The SMILES string of the molecule is CCSc1ccccc1NC(=O)c1n[nH]c(CC)n1. The summed E-state index contributed by atoms with van der Waals surface area (Å²) in [5.74, 6) is 1.54. The minimum absolute atomic E-state index is 0.174. The van der Waals surface area contributed by atoms with E-state index in [4.69, 9.17) is 0 Å². The molecule has 2 N–H and O–H groups in total. The zero-order valence-electron chi connectivity index (χ0n) is 10.9. The molecule has 1 aromatic heterocycles. The van der Waals surface area contributed by atoms with Crippen LogP contribution in [0.25, 0.3) is 0 Å². The van der Waals surface area contributed by atoms with Crippen molar-refractivity contribution in [2.75, 3.05) is 11.1 Å². The van der Waals surface area contributed by atoms with Crippen molar-refractivity contribution < 1.29 is 4.79 Å². The van der Waals surface area contributed by atoms with Gasteiger partial charge in [0.05, 0.1) is 5.69 Å². The van der Waals surface area contributed by atoms with Gasteiger partial charge in [-0.1, -0.05) is 26.0 Å². The zero-order valence-corrected chi connectivity index (χ0v) is 11.8. The lowest BCUT2D eigenvalue weighted by Gasteiger charge is -2.08. The highest BCUT2D eigenvalue weighted by Crippen LogP contribution is 2.26. The largest absolute Gasteiger partial charge is 0.318 e. The van der Waals surface area contributed by atoms with Gasteiger partial charge < -0.3 is 5.32 Å². The number of nitrogens with one attached hydrogen (secondary N) is 2. The summed E-state index contributed by atoms with van der Waals surface area (Å²) >= 11 is 1.69. The normalized spacial score (nSPS) is 10.4. The standard InChI is InChI=1S/C13H16N4OS/c1-3-11-15-12(17-16-11)13(18)14-9-7-5-6-8-10(9)19-4-2/h5-8H,3-4H2,1-2H3,(H,14,18)(H,15,16,17). The first kappa shape index (κ1) is 13.6. The summed E-state index contributed by atoms with van der Waals surface area (Å²) < 4.78 is 0. The lowest BCUT2D eigenvalue weighted by atomic mass is 10.3. The average molecular weight is 276 g/mol. The number of aromatic amines is 1. The average Bonchev–Trinajstić information content (AvgIpc) is 2.90. The first-order valence-electron chi connectivity index (χ1n) is 6.19. The van der Waals surface area contributed by atoms with Crippen molar-refractivity contribution in [2.24, 2.45) is 0 Å². The number of benzene rings is 1. The first-order valence-corrected chi connectivity index (χ1v) is 7.17. The van der Waals surface area contributed by atoms with E-state index in [1.54, 1.807) is 11.8 Å². The predicted octanol–water partition coefficient (Wildman–Crippen LogP) is 2.73. The number of amides is 1. The third-order valence-corrected chi connectivity index (χ3v) is 3.46. The summed E-state index contributed by atoms with van der Waals surface area (Å²) in [7, 11) is 0. The Hall–Kier alpha value is -1.82. The summed E-state index contributed by atoms with van der Waals surface area (Å²) in [5.41, 5.74) is 0.794. The van der Waals surface area contributed by atoms with Crippen molar-refractivity contribution in [3.05, 3.63) is 35.9 Å². The van der Waals surface area contributed by atoms with Gasteiger partial charge in [-0.2, -0.15) is 0 Å². The minimum atomic E-state index is -0.292. The van der Waals surface area contributed by atoms with E-state index in [1.165, 1.54) is 0 Å². The van der Waals surface area contributed by atoms with Gasteiger partial charge in [-0.25, -0.2) is 4.98 Å². The molecule has 0 aliphatic heterocycles. The molecule has 0 bridgehead atoms. The van der Waals surface area contributed by atoms with Crippen LogP contribution in [0.1, 0.15) is 30.3 Å². The van der Waals surface area contributed by atoms with Crippen molar-refractivity contribution in [2.45, 2.75) is 25.2 Å². The van der Waals surface area contributed by atoms with Crippen LogP contribution in [-0.2, 0) is 6.42 Å². The number of para-hydroxylation sites is 1. The topological polar surface area (TPSA) is 70.7 Å². The summed E-state index contributed by atoms with van der Waals surface area (Å²) in [5, 5.41) is 9.48. The van der Waals surface area contributed by atoms with Gasteiger partial charge in [0.15, 0.2) is 0 Å². The Labute approximate surface area is 116 Å². The molecule has 5 nitrogen and oxygen atoms in total. The van der Waals surface area contributed by atoms with E-state index in [0.717, 1.165) is 22.8 Å². The van der Waals surface area contributed by atoms with E-state index in [2.05, 4.69) is 27.4 Å². The molecule has 6 heteroatoms. The zero-order chi connectivity index (χ0) is 13.7. The van der Waals surface area contributed by atoms with E-state index in [1.807, 2.05) is 31.2 Å². The molecule has 0 aliphatic rings. The van der Waals surface area contributed by atoms with Gasteiger partial charge in [-0.3, -0.25) is 9.89 Å². The highest BCUT2D eigenvalue weighted by molar-refractivity contribution is 7.99. The Morgan fingerprint density at radius 1 is 1.37 bits per heavy atom. The molecule has 2 rings (SSSR count). The maximum atomic E-state index is 12.0. The molecule has 19 heavy (non-hydrogen) atoms. The van der Waals surface area contributed by atoms with Crippen LogP contribution in [0, 0.1) is 0 Å². The second kappa shape index (κ2) is 6.38. The van der Waals surface area contributed by atoms with Gasteiger partial charge in [-0.05, 0) is 17.9 Å². The molecule has 0 radical (unpaired) electrons. The molecule has 0 unspecified atom stereocenters. The molecule has 0 spiro atoms. The molecule has 0 fully saturated rings. The van der Waals surface area contributed by atoms with Crippen molar-refractivity contribution >= 4 is 23.4 Å². The summed E-state index contributed by atoms with van der Waals surface area (Å²) in [6.07, 6.45) is 0.725. The Bertz CT molecular complexity index is 567. The molecule has 100 valence electrons. The second-order valence-electron chi connectivity index (χ2n) is 3.84. The van der Waals surface area contributed by atoms with Crippen molar-refractivity contribution in [3.63, 3.8) is 0 Å². The third-order valence-electron chi connectivity index (χ3n) is 2.50. The quantitative estimate of drug-likeness (QED) is 0.824. The molecule has 1 aromatic carbocycles. The molecule has 0 aliphatic carbocycles. The molecule has 0 saturated heterocycles. The number of aromatic nitrogens is 3. The van der Waals surface area contributed by atoms with Crippen LogP contribution in [0.5, 0.6) is 0 Å². The van der Waals surface area contributed by atoms with Crippen LogP contribution in [0.4, 0.5) is 5.69 Å². The number of hydrogen-bond acceptors (Lipinski definition) is 4. The molecule has 0 atom stereocenters. The Morgan fingerprint density at radius 3 is 2.84 bits per heavy atom. The fraction of sp³-hybridized carbons (Fsp3) is 0.308. The number of carbonyl (C=O) groups is 1. The predicted molar refractivity (Wildman–Crippen MR) is 76.6 cm³/mol. The van der Waals surface area contributed by atoms with Crippen LogP contribution in [0.15, 0.2) is 29.2 Å². The summed E-state index contributed by atoms with van der Waals surface area (Å²) in [6, 6.07) is 7.71. The van der Waals surface area contributed by atoms with E-state index < -0.39 is 0 Å². The maximum Gasteiger partial charge on any atom is 0.295 e. The Morgan fingerprint density at radius 2 is 2.16 bits per heavy atom. The molecule has 1 amide bonds. The number of thioether (sulfide) groups is 1. The van der Waals surface area contributed by atoms with Gasteiger partial charge in [-0.15, -0.1) is 16.9 Å². The molecule has 2 aromatic rings. The third kappa shape index (κ3) is 3.35. The highest BCUT2D eigenvalue weighted by Gasteiger charge is 2.13. The molecular weight excluding hydrogens is 260 g/mol. The van der Waals surface area contributed by atoms with Gasteiger partial charge in [0.1, 0.15) is 5.82 Å². The van der Waals surface area contributed by atoms with Gasteiger partial charge in [0.25, 0.3) is 5.91 Å². The molecule has 1 heterocycles. The van der Waals surface area contributed by atoms with E-state index >= 15 is 0 Å². The number of aryl methyl sites for hydroxylation is 1. The van der Waals surface area contributed by atoms with Crippen molar-refractivity contribution in [1.82, 2.24) is 15.2 Å². The van der Waals surface area contributed by atoms with E-state index in [9.17, 15) is 4.79 Å². The summed E-state index contributed by atoms with van der Waals surface area (Å²) in [4.78, 5) is 17.2. The maximum absolute atomic E-state index is 12.0. The monoisotopic (exact) mass is 276 g/mol. The number of carbonyl (C=O) groups excluding carboxylic acids is 1. The second-order valence-corrected chi connectivity index (χ2v) is 5.15. The Balaban J connectivity index is 2.14. The van der Waals surface area contributed by atoms with Crippen molar-refractivity contribution in [3.8, 4) is 0 Å². The summed E-state index contributed by atoms with van der Waals surface area (Å²) in [6.45, 7) is 4.03. The van der Waals surface area contributed by atoms with Gasteiger partial charge >= 0.3 is 0 Å². The van der Waals surface area contributed by atoms with E-state index in [-0.39, 0.29) is 11.7 Å². The fourth-order valence-electron chi connectivity index (χ4n) is 1.58. The fourth-order valence-corrected chi connectivity index (χ4v) is 2.34. The van der Waals surface area contributed by atoms with Crippen LogP contribution in [0.3, 0.4) is 0 Å². The number of hydrogen-bond donors (Lipinski definition) is 2. The van der Waals surface area contributed by atoms with Crippen LogP contribution >= 0.6 is 11.8 Å². The minimum Gasteiger partial charge on any atom is -0.318 e.